The van der Waals surface area contributed by atoms with Crippen molar-refractivity contribution in [2.24, 2.45) is 0 Å². The monoisotopic (exact) mass is 513 g/mol. The van der Waals surface area contributed by atoms with Gasteiger partial charge in [-0.1, -0.05) is 18.2 Å². The van der Waals surface area contributed by atoms with Crippen LogP contribution in [0.4, 0.5) is 5.69 Å². The summed E-state index contributed by atoms with van der Waals surface area (Å²) in [7, 11) is 1.57. The van der Waals surface area contributed by atoms with Crippen LogP contribution in [0.15, 0.2) is 91.3 Å². The van der Waals surface area contributed by atoms with Crippen molar-refractivity contribution in [3.05, 3.63) is 103 Å². The summed E-state index contributed by atoms with van der Waals surface area (Å²) in [6.07, 6.45) is 3.97. The smallest absolute Gasteiger partial charge is 0.226 e. The summed E-state index contributed by atoms with van der Waals surface area (Å²) < 4.78 is 7.42. The van der Waals surface area contributed by atoms with E-state index in [1.54, 1.807) is 31.5 Å². The first-order valence-corrected chi connectivity index (χ1v) is 12.3. The van der Waals surface area contributed by atoms with Crippen LogP contribution in [0, 0.1) is 0 Å². The van der Waals surface area contributed by atoms with Gasteiger partial charge in [0.15, 0.2) is 5.11 Å². The van der Waals surface area contributed by atoms with Gasteiger partial charge in [-0.15, -0.1) is 0 Å². The van der Waals surface area contributed by atoms with Crippen LogP contribution in [0.1, 0.15) is 29.9 Å². The van der Waals surface area contributed by atoms with Gasteiger partial charge in [0.1, 0.15) is 11.5 Å². The van der Waals surface area contributed by atoms with Gasteiger partial charge in [-0.3, -0.25) is 9.78 Å². The molecule has 5 rings (SSSR count). The van der Waals surface area contributed by atoms with Gasteiger partial charge in [-0.25, -0.2) is 0 Å². The SMILES string of the molecule is COc1ccccc1NC(=O)CCN1C(=S)NC(c2ccccn2)C1c1cccn1-c1ccc(O)cc1. The molecule has 2 unspecified atom stereocenters. The number of rotatable bonds is 8. The first-order chi connectivity index (χ1) is 18.0. The lowest BCUT2D eigenvalue weighted by Crippen LogP contribution is -2.33. The highest BCUT2D eigenvalue weighted by atomic mass is 32.1. The van der Waals surface area contributed by atoms with E-state index in [2.05, 4.69) is 20.2 Å². The van der Waals surface area contributed by atoms with Crippen molar-refractivity contribution in [1.29, 1.82) is 0 Å². The number of phenolic OH excluding ortho intramolecular Hbond substituents is 1. The van der Waals surface area contributed by atoms with Crippen LogP contribution in [-0.2, 0) is 4.79 Å². The summed E-state index contributed by atoms with van der Waals surface area (Å²) in [5.74, 6) is 0.672. The van der Waals surface area contributed by atoms with Gasteiger partial charge >= 0.3 is 0 Å². The first kappa shape index (κ1) is 24.3. The van der Waals surface area contributed by atoms with Crippen molar-refractivity contribution in [3.63, 3.8) is 0 Å². The summed E-state index contributed by atoms with van der Waals surface area (Å²) in [5, 5.41) is 16.7. The molecule has 188 valence electrons. The molecule has 2 aromatic heterocycles. The Kier molecular flexibility index (Phi) is 7.04. The molecule has 8 nitrogen and oxygen atoms in total. The lowest BCUT2D eigenvalue weighted by atomic mass is 10.0. The van der Waals surface area contributed by atoms with Crippen molar-refractivity contribution >= 4 is 28.9 Å². The Hall–Kier alpha value is -4.37. The number of benzene rings is 2. The van der Waals surface area contributed by atoms with Crippen molar-refractivity contribution in [2.75, 3.05) is 19.0 Å². The zero-order valence-electron chi connectivity index (χ0n) is 20.2. The standard InChI is InChI=1S/C28H27N5O3S/c1-36-24-10-3-2-7-21(24)30-25(35)15-18-33-27(26(31-28(33)37)22-8-4-5-16-29-22)23-9-6-17-32(23)19-11-13-20(34)14-12-19/h2-14,16-17,26-27,34H,15,18H2,1H3,(H,30,35)(H,31,37). The number of aromatic hydroxyl groups is 1. The number of nitrogens with one attached hydrogen (secondary N) is 2. The van der Waals surface area contributed by atoms with E-state index in [0.29, 0.717) is 23.1 Å². The molecule has 0 saturated carbocycles. The highest BCUT2D eigenvalue weighted by Gasteiger charge is 2.41. The molecule has 1 saturated heterocycles. The van der Waals surface area contributed by atoms with Gasteiger partial charge in [-0.05, 0) is 72.9 Å². The second-order valence-corrected chi connectivity index (χ2v) is 9.02. The second-order valence-electron chi connectivity index (χ2n) is 8.64. The maximum Gasteiger partial charge on any atom is 0.226 e. The number of aromatic nitrogens is 2. The minimum absolute atomic E-state index is 0.138. The fraction of sp³-hybridized carbons (Fsp3) is 0.179. The maximum atomic E-state index is 12.9. The van der Waals surface area contributed by atoms with Crippen molar-refractivity contribution in [2.45, 2.75) is 18.5 Å². The summed E-state index contributed by atoms with van der Waals surface area (Å²) in [5.41, 5.74) is 3.37. The van der Waals surface area contributed by atoms with Crippen LogP contribution < -0.4 is 15.4 Å². The van der Waals surface area contributed by atoms with Crippen LogP contribution in [0.5, 0.6) is 11.5 Å². The average Bonchev–Trinajstić information content (AvgIpc) is 3.53. The number of hydrogen-bond acceptors (Lipinski definition) is 5. The zero-order chi connectivity index (χ0) is 25.8. The molecular weight excluding hydrogens is 486 g/mol. The lowest BCUT2D eigenvalue weighted by molar-refractivity contribution is -0.116. The summed E-state index contributed by atoms with van der Waals surface area (Å²) in [6, 6.07) is 23.8. The predicted octanol–water partition coefficient (Wildman–Crippen LogP) is 4.59. The Bertz CT molecular complexity index is 1390. The van der Waals surface area contributed by atoms with E-state index in [-0.39, 0.29) is 30.2 Å². The van der Waals surface area contributed by atoms with E-state index < -0.39 is 0 Å². The van der Waals surface area contributed by atoms with E-state index in [1.165, 1.54) is 0 Å². The van der Waals surface area contributed by atoms with Crippen LogP contribution in [-0.4, -0.2) is 44.2 Å². The number of carbonyl (C=O) groups excluding carboxylic acids is 1. The van der Waals surface area contributed by atoms with Gasteiger partial charge < -0.3 is 29.9 Å². The van der Waals surface area contributed by atoms with Gasteiger partial charge in [0.25, 0.3) is 0 Å². The number of nitrogens with zero attached hydrogens (tertiary/aromatic N) is 3. The fourth-order valence-electron chi connectivity index (χ4n) is 4.63. The Morgan fingerprint density at radius 3 is 2.62 bits per heavy atom. The number of hydrogen-bond donors (Lipinski definition) is 3. The molecule has 3 heterocycles. The van der Waals surface area contributed by atoms with E-state index in [0.717, 1.165) is 17.1 Å². The molecule has 2 atom stereocenters. The third-order valence-corrected chi connectivity index (χ3v) is 6.72. The molecule has 0 aliphatic carbocycles. The van der Waals surface area contributed by atoms with Crippen molar-refractivity contribution in [1.82, 2.24) is 19.8 Å². The van der Waals surface area contributed by atoms with Crippen LogP contribution in [0.25, 0.3) is 5.69 Å². The van der Waals surface area contributed by atoms with Gasteiger partial charge in [0.05, 0.1) is 30.6 Å². The van der Waals surface area contributed by atoms with E-state index >= 15 is 0 Å². The number of para-hydroxylation sites is 2. The topological polar surface area (TPSA) is 91.7 Å². The molecule has 1 aliphatic rings. The number of pyridine rings is 1. The Morgan fingerprint density at radius 2 is 1.86 bits per heavy atom. The molecule has 1 aliphatic heterocycles. The van der Waals surface area contributed by atoms with E-state index in [9.17, 15) is 9.90 Å². The average molecular weight is 514 g/mol. The van der Waals surface area contributed by atoms with E-state index in [4.69, 9.17) is 17.0 Å². The minimum atomic E-state index is -0.217. The molecule has 3 N–H and O–H groups in total. The molecule has 2 aromatic carbocycles. The van der Waals surface area contributed by atoms with Gasteiger partial charge in [-0.2, -0.15) is 0 Å². The minimum Gasteiger partial charge on any atom is -0.508 e. The van der Waals surface area contributed by atoms with Gasteiger partial charge in [0, 0.05) is 36.7 Å². The number of ether oxygens (including phenoxy) is 1. The van der Waals surface area contributed by atoms with Crippen LogP contribution >= 0.6 is 12.2 Å². The first-order valence-electron chi connectivity index (χ1n) is 11.9. The Morgan fingerprint density at radius 1 is 1.08 bits per heavy atom. The fourth-order valence-corrected chi connectivity index (χ4v) is 4.97. The third-order valence-electron chi connectivity index (χ3n) is 6.37. The predicted molar refractivity (Wildman–Crippen MR) is 146 cm³/mol. The van der Waals surface area contributed by atoms with Crippen LogP contribution in [0.3, 0.4) is 0 Å². The molecule has 0 radical (unpaired) electrons. The molecule has 37 heavy (non-hydrogen) atoms. The largest absolute Gasteiger partial charge is 0.508 e. The Labute approximate surface area is 220 Å². The lowest BCUT2D eigenvalue weighted by Gasteiger charge is -2.29. The number of carbonyl (C=O) groups is 1. The maximum absolute atomic E-state index is 12.9. The molecule has 9 heteroatoms. The summed E-state index contributed by atoms with van der Waals surface area (Å²) >= 11 is 5.76. The molecule has 1 fully saturated rings. The quantitative estimate of drug-likeness (QED) is 0.297. The molecule has 4 aromatic rings. The molecular formula is C28H27N5O3S. The summed E-state index contributed by atoms with van der Waals surface area (Å²) in [6.45, 7) is 0.404. The normalized spacial score (nSPS) is 16.9. The number of methoxy groups -OCH3 is 1. The second kappa shape index (κ2) is 10.7. The molecule has 0 bridgehead atoms. The Balaban J connectivity index is 1.43. The third kappa shape index (κ3) is 5.12. The number of phenols is 1. The number of amides is 1. The zero-order valence-corrected chi connectivity index (χ0v) is 21.1. The van der Waals surface area contributed by atoms with Gasteiger partial charge in [0.2, 0.25) is 5.91 Å². The molecule has 0 spiro atoms. The highest BCUT2D eigenvalue weighted by molar-refractivity contribution is 7.80. The molecule has 1 amide bonds. The van der Waals surface area contributed by atoms with Crippen molar-refractivity contribution < 1.29 is 14.6 Å². The van der Waals surface area contributed by atoms with E-state index in [1.807, 2.05) is 71.8 Å². The number of anilines is 1. The summed E-state index contributed by atoms with van der Waals surface area (Å²) in [4.78, 5) is 19.5. The van der Waals surface area contributed by atoms with Crippen LogP contribution in [0.2, 0.25) is 0 Å². The number of thiocarbonyl (C=S) groups is 1. The highest BCUT2D eigenvalue weighted by Crippen LogP contribution is 2.39. The van der Waals surface area contributed by atoms with Crippen molar-refractivity contribution in [3.8, 4) is 17.2 Å².